The van der Waals surface area contributed by atoms with Crippen molar-refractivity contribution in [3.63, 3.8) is 0 Å². The van der Waals surface area contributed by atoms with Crippen molar-refractivity contribution in [1.29, 1.82) is 0 Å². The van der Waals surface area contributed by atoms with Crippen LogP contribution in [0.4, 0.5) is 11.4 Å². The van der Waals surface area contributed by atoms with Crippen molar-refractivity contribution >= 4 is 17.2 Å². The summed E-state index contributed by atoms with van der Waals surface area (Å²) in [5, 5.41) is 6.51. The minimum absolute atomic E-state index is 0.0722. The molecule has 6 heteroatoms. The molecule has 1 aliphatic heterocycles. The van der Waals surface area contributed by atoms with Crippen LogP contribution < -0.4 is 10.6 Å². The number of rotatable bonds is 3. The number of aryl methyl sites for hydroxylation is 1. The van der Waals surface area contributed by atoms with Gasteiger partial charge in [0, 0.05) is 24.1 Å². The molecule has 0 saturated heterocycles. The number of ketones is 1. The average Bonchev–Trinajstić information content (AvgIpc) is 2.96. The zero-order valence-corrected chi connectivity index (χ0v) is 13.3. The second-order valence-corrected chi connectivity index (χ2v) is 5.74. The molecule has 1 aromatic carbocycles. The minimum Gasteiger partial charge on any atom is -0.354 e. The first-order chi connectivity index (χ1) is 11.7. The number of hydrogen-bond donors (Lipinski definition) is 3. The summed E-state index contributed by atoms with van der Waals surface area (Å²) >= 11 is 0. The highest BCUT2D eigenvalue weighted by molar-refractivity contribution is 6.08. The van der Waals surface area contributed by atoms with E-state index in [1.807, 2.05) is 43.3 Å². The number of fused-ring (bicyclic) bond motifs is 1. The molecule has 0 saturated carbocycles. The fraction of sp³-hybridized carbons (Fsp3) is 0.167. The van der Waals surface area contributed by atoms with Gasteiger partial charge in [0.25, 0.3) is 0 Å². The minimum atomic E-state index is 0.0722. The van der Waals surface area contributed by atoms with E-state index < -0.39 is 0 Å². The van der Waals surface area contributed by atoms with Crippen molar-refractivity contribution in [3.05, 3.63) is 59.7 Å². The molecule has 0 amide bonds. The van der Waals surface area contributed by atoms with Crippen LogP contribution in [0.5, 0.6) is 0 Å². The number of Topliss-reactive ketones (excluding diaryl/α,β-unsaturated/α-hetero) is 1. The summed E-state index contributed by atoms with van der Waals surface area (Å²) in [7, 11) is 0. The Balaban J connectivity index is 1.88. The van der Waals surface area contributed by atoms with Crippen molar-refractivity contribution in [2.45, 2.75) is 13.5 Å². The Morgan fingerprint density at radius 3 is 2.75 bits per heavy atom. The van der Waals surface area contributed by atoms with Gasteiger partial charge in [-0.15, -0.1) is 0 Å². The maximum Gasteiger partial charge on any atom is 0.180 e. The van der Waals surface area contributed by atoms with Gasteiger partial charge in [-0.1, -0.05) is 18.2 Å². The molecule has 0 unspecified atom stereocenters. The Labute approximate surface area is 139 Å². The zero-order chi connectivity index (χ0) is 16.5. The molecule has 24 heavy (non-hydrogen) atoms. The summed E-state index contributed by atoms with van der Waals surface area (Å²) in [6.45, 7) is 2.83. The summed E-state index contributed by atoms with van der Waals surface area (Å²) in [5.74, 6) is 0.762. The van der Waals surface area contributed by atoms with Gasteiger partial charge in [-0.25, -0.2) is 9.97 Å². The Hall–Kier alpha value is -2.99. The van der Waals surface area contributed by atoms with Gasteiger partial charge >= 0.3 is 0 Å². The van der Waals surface area contributed by atoms with E-state index in [2.05, 4.69) is 25.6 Å². The highest BCUT2D eigenvalue weighted by Gasteiger charge is 2.27. The lowest BCUT2D eigenvalue weighted by atomic mass is 10.0. The first-order valence-electron chi connectivity index (χ1n) is 7.83. The molecule has 120 valence electrons. The number of nitrogens with zero attached hydrogens (tertiary/aromatic N) is 2. The molecule has 4 rings (SSSR count). The van der Waals surface area contributed by atoms with E-state index in [0.29, 0.717) is 24.5 Å². The van der Waals surface area contributed by atoms with Crippen molar-refractivity contribution in [3.8, 4) is 11.4 Å². The van der Waals surface area contributed by atoms with Gasteiger partial charge in [0.15, 0.2) is 5.78 Å². The first kappa shape index (κ1) is 14.6. The fourth-order valence-electron chi connectivity index (χ4n) is 2.96. The lowest BCUT2D eigenvalue weighted by Crippen LogP contribution is -2.29. The van der Waals surface area contributed by atoms with Crippen molar-refractivity contribution in [2.24, 2.45) is 0 Å². The first-order valence-corrected chi connectivity index (χ1v) is 7.83. The number of para-hydroxylation sites is 1. The van der Waals surface area contributed by atoms with Crippen LogP contribution >= 0.6 is 0 Å². The summed E-state index contributed by atoms with van der Waals surface area (Å²) in [6, 6.07) is 11.7. The van der Waals surface area contributed by atoms with E-state index in [-0.39, 0.29) is 5.78 Å². The molecule has 2 aromatic heterocycles. The molecule has 0 radical (unpaired) electrons. The van der Waals surface area contributed by atoms with Crippen LogP contribution in [0.1, 0.15) is 21.9 Å². The quantitative estimate of drug-likeness (QED) is 0.691. The molecule has 3 N–H and O–H groups in total. The standard InChI is InChI=1S/C18H17N5O/c1-11-20-8-7-13(21-11)17-18(22-12-5-3-2-4-6-12)16-14(23-17)9-19-10-15(16)24/h2-8,19,22-23H,9-10H2,1H3. The van der Waals surface area contributed by atoms with Gasteiger partial charge in [0.1, 0.15) is 5.82 Å². The number of aromatic amines is 1. The number of aromatic nitrogens is 3. The average molecular weight is 319 g/mol. The number of hydrogen-bond acceptors (Lipinski definition) is 5. The molecule has 6 nitrogen and oxygen atoms in total. The Bertz CT molecular complexity index is 901. The summed E-state index contributed by atoms with van der Waals surface area (Å²) in [5.41, 5.74) is 4.88. The summed E-state index contributed by atoms with van der Waals surface area (Å²) in [6.07, 6.45) is 1.73. The molecule has 0 spiro atoms. The molecule has 0 fully saturated rings. The van der Waals surface area contributed by atoms with Crippen molar-refractivity contribution < 1.29 is 4.79 Å². The number of carbonyl (C=O) groups is 1. The van der Waals surface area contributed by atoms with Gasteiger partial charge in [0.05, 0.1) is 29.2 Å². The van der Waals surface area contributed by atoms with Crippen LogP contribution in [0.2, 0.25) is 0 Å². The topological polar surface area (TPSA) is 82.7 Å². The van der Waals surface area contributed by atoms with Gasteiger partial charge in [0.2, 0.25) is 0 Å². The Morgan fingerprint density at radius 1 is 1.12 bits per heavy atom. The van der Waals surface area contributed by atoms with Crippen molar-refractivity contribution in [2.75, 3.05) is 11.9 Å². The second-order valence-electron chi connectivity index (χ2n) is 5.74. The van der Waals surface area contributed by atoms with Crippen LogP contribution in [0.15, 0.2) is 42.6 Å². The number of carbonyl (C=O) groups excluding carboxylic acids is 1. The predicted molar refractivity (Wildman–Crippen MR) is 92.3 cm³/mol. The molecular formula is C18H17N5O. The number of benzene rings is 1. The van der Waals surface area contributed by atoms with Crippen LogP contribution in [0.3, 0.4) is 0 Å². The summed E-state index contributed by atoms with van der Waals surface area (Å²) in [4.78, 5) is 24.5. The monoisotopic (exact) mass is 319 g/mol. The highest BCUT2D eigenvalue weighted by Crippen LogP contribution is 2.35. The zero-order valence-electron chi connectivity index (χ0n) is 13.3. The number of H-pyrrole nitrogens is 1. The highest BCUT2D eigenvalue weighted by atomic mass is 16.1. The smallest absolute Gasteiger partial charge is 0.180 e. The SMILES string of the molecule is Cc1nccc(-c2[nH]c3c(c2Nc2ccccc2)C(=O)CNC3)n1. The van der Waals surface area contributed by atoms with Crippen molar-refractivity contribution in [1.82, 2.24) is 20.3 Å². The van der Waals surface area contributed by atoms with Gasteiger partial charge in [-0.2, -0.15) is 0 Å². The van der Waals surface area contributed by atoms with Crippen LogP contribution in [0.25, 0.3) is 11.4 Å². The molecule has 3 heterocycles. The van der Waals surface area contributed by atoms with Gasteiger partial charge in [-0.05, 0) is 25.1 Å². The maximum absolute atomic E-state index is 12.5. The molecule has 3 aromatic rings. The third-order valence-corrected chi connectivity index (χ3v) is 4.02. The van der Waals surface area contributed by atoms with Gasteiger partial charge < -0.3 is 15.6 Å². The van der Waals surface area contributed by atoms with E-state index in [4.69, 9.17) is 0 Å². The van der Waals surface area contributed by atoms with E-state index in [1.54, 1.807) is 6.20 Å². The van der Waals surface area contributed by atoms with Crippen LogP contribution in [0, 0.1) is 6.92 Å². The van der Waals surface area contributed by atoms with Crippen LogP contribution in [-0.2, 0) is 6.54 Å². The molecule has 0 atom stereocenters. The van der Waals surface area contributed by atoms with E-state index in [1.165, 1.54) is 0 Å². The third-order valence-electron chi connectivity index (χ3n) is 4.02. The second kappa shape index (κ2) is 5.90. The van der Waals surface area contributed by atoms with E-state index in [9.17, 15) is 4.79 Å². The number of nitrogens with one attached hydrogen (secondary N) is 3. The molecule has 0 aliphatic carbocycles. The summed E-state index contributed by atoms with van der Waals surface area (Å²) < 4.78 is 0. The lowest BCUT2D eigenvalue weighted by Gasteiger charge is -2.14. The third kappa shape index (κ3) is 2.57. The van der Waals surface area contributed by atoms with Crippen LogP contribution in [-0.4, -0.2) is 27.3 Å². The number of anilines is 2. The molecule has 1 aliphatic rings. The van der Waals surface area contributed by atoms with E-state index in [0.717, 1.165) is 28.5 Å². The van der Waals surface area contributed by atoms with E-state index >= 15 is 0 Å². The maximum atomic E-state index is 12.5. The van der Waals surface area contributed by atoms with Gasteiger partial charge in [-0.3, -0.25) is 4.79 Å². The fourth-order valence-corrected chi connectivity index (χ4v) is 2.96. The predicted octanol–water partition coefficient (Wildman–Crippen LogP) is 2.81. The Morgan fingerprint density at radius 2 is 1.96 bits per heavy atom. The molecular weight excluding hydrogens is 302 g/mol. The molecule has 0 bridgehead atoms. The Kier molecular flexibility index (Phi) is 3.59. The lowest BCUT2D eigenvalue weighted by molar-refractivity contribution is 0.0983. The normalized spacial score (nSPS) is 13.6. The largest absolute Gasteiger partial charge is 0.354 e.